The first-order chi connectivity index (χ1) is 14.8. The number of rotatable bonds is 4. The number of nitrogens with zero attached hydrogens (tertiary/aromatic N) is 6. The SMILES string of the molecule is O=C(NC1CCCc2ccccc21)C1CCN(c2cc(-n3cncn3)ncn2)CC1. The number of carbonyl (C=O) groups is 1. The third-order valence-corrected chi connectivity index (χ3v) is 6.17. The summed E-state index contributed by atoms with van der Waals surface area (Å²) < 4.78 is 1.62. The number of carbonyl (C=O) groups excluding carboxylic acids is 1. The fourth-order valence-corrected chi connectivity index (χ4v) is 4.53. The van der Waals surface area contributed by atoms with E-state index in [9.17, 15) is 4.79 Å². The number of aryl methyl sites for hydroxylation is 1. The highest BCUT2D eigenvalue weighted by atomic mass is 16.2. The van der Waals surface area contributed by atoms with E-state index in [0.29, 0.717) is 5.82 Å². The van der Waals surface area contributed by atoms with E-state index in [-0.39, 0.29) is 17.9 Å². The van der Waals surface area contributed by atoms with Gasteiger partial charge in [-0.15, -0.1) is 0 Å². The summed E-state index contributed by atoms with van der Waals surface area (Å²) in [6, 6.07) is 10.5. The largest absolute Gasteiger partial charge is 0.356 e. The number of nitrogens with one attached hydrogen (secondary N) is 1. The summed E-state index contributed by atoms with van der Waals surface area (Å²) in [5, 5.41) is 7.45. The first kappa shape index (κ1) is 18.7. The Kier molecular flexibility index (Phi) is 5.13. The van der Waals surface area contributed by atoms with Crippen LogP contribution in [-0.2, 0) is 11.2 Å². The number of hydrogen-bond donors (Lipinski definition) is 1. The summed E-state index contributed by atoms with van der Waals surface area (Å²) in [5.74, 6) is 1.78. The smallest absolute Gasteiger partial charge is 0.223 e. The average Bonchev–Trinajstić information content (AvgIpc) is 3.35. The number of amides is 1. The number of piperidine rings is 1. The van der Waals surface area contributed by atoms with E-state index in [1.165, 1.54) is 17.5 Å². The zero-order chi connectivity index (χ0) is 20.3. The minimum Gasteiger partial charge on any atom is -0.356 e. The van der Waals surface area contributed by atoms with Gasteiger partial charge in [-0.2, -0.15) is 5.10 Å². The van der Waals surface area contributed by atoms with Crippen molar-refractivity contribution >= 4 is 11.7 Å². The van der Waals surface area contributed by atoms with Crippen LogP contribution < -0.4 is 10.2 Å². The summed E-state index contributed by atoms with van der Waals surface area (Å²) in [6.07, 6.45) is 9.55. The minimum atomic E-state index is 0.0481. The van der Waals surface area contributed by atoms with Crippen molar-refractivity contribution in [2.24, 2.45) is 5.92 Å². The summed E-state index contributed by atoms with van der Waals surface area (Å²) in [6.45, 7) is 1.60. The molecular formula is C22H25N7O. The highest BCUT2D eigenvalue weighted by molar-refractivity contribution is 5.79. The molecule has 1 unspecified atom stereocenters. The van der Waals surface area contributed by atoms with Gasteiger partial charge in [0.2, 0.25) is 5.91 Å². The second-order valence-corrected chi connectivity index (χ2v) is 7.99. The molecule has 0 radical (unpaired) electrons. The quantitative estimate of drug-likeness (QED) is 0.720. The van der Waals surface area contributed by atoms with Crippen LogP contribution in [0.1, 0.15) is 42.9 Å². The molecule has 3 heterocycles. The molecule has 8 heteroatoms. The van der Waals surface area contributed by atoms with Gasteiger partial charge in [0.25, 0.3) is 0 Å². The van der Waals surface area contributed by atoms with Crippen molar-refractivity contribution in [3.63, 3.8) is 0 Å². The van der Waals surface area contributed by atoms with Gasteiger partial charge in [0, 0.05) is 25.1 Å². The summed E-state index contributed by atoms with van der Waals surface area (Å²) in [4.78, 5) is 27.8. The Labute approximate surface area is 175 Å². The van der Waals surface area contributed by atoms with Gasteiger partial charge in [-0.3, -0.25) is 4.79 Å². The molecule has 1 fully saturated rings. The number of benzene rings is 1. The van der Waals surface area contributed by atoms with Gasteiger partial charge in [-0.05, 0) is 43.2 Å². The van der Waals surface area contributed by atoms with E-state index >= 15 is 0 Å². The van der Waals surface area contributed by atoms with Crippen molar-refractivity contribution in [3.05, 3.63) is 60.4 Å². The van der Waals surface area contributed by atoms with Crippen molar-refractivity contribution in [1.82, 2.24) is 30.0 Å². The molecule has 0 spiro atoms. The van der Waals surface area contributed by atoms with Gasteiger partial charge in [0.1, 0.15) is 24.8 Å². The molecule has 1 saturated heterocycles. The Hall–Kier alpha value is -3.29. The molecule has 1 aliphatic carbocycles. The van der Waals surface area contributed by atoms with E-state index in [1.54, 1.807) is 17.3 Å². The van der Waals surface area contributed by atoms with Crippen molar-refractivity contribution in [2.75, 3.05) is 18.0 Å². The summed E-state index contributed by atoms with van der Waals surface area (Å²) >= 11 is 0. The highest BCUT2D eigenvalue weighted by Crippen LogP contribution is 2.30. The monoisotopic (exact) mass is 403 g/mol. The summed E-state index contributed by atoms with van der Waals surface area (Å²) in [5.41, 5.74) is 2.66. The zero-order valence-corrected chi connectivity index (χ0v) is 16.8. The predicted molar refractivity (Wildman–Crippen MR) is 112 cm³/mol. The minimum absolute atomic E-state index is 0.0481. The molecule has 1 atom stereocenters. The van der Waals surface area contributed by atoms with Gasteiger partial charge in [0.05, 0.1) is 6.04 Å². The maximum absolute atomic E-state index is 13.0. The van der Waals surface area contributed by atoms with Crippen LogP contribution in [0.5, 0.6) is 0 Å². The molecule has 154 valence electrons. The Balaban J connectivity index is 1.21. The molecule has 2 aliphatic rings. The standard InChI is InChI=1S/C22H25N7O/c30-22(27-19-7-3-5-16-4-1-2-6-18(16)19)17-8-10-28(11-9-17)20-12-21(25-14-24-20)29-15-23-13-26-29/h1-2,4,6,12-15,17,19H,3,5,7-11H2,(H,27,30). The Bertz CT molecular complexity index is 1010. The van der Waals surface area contributed by atoms with E-state index in [0.717, 1.165) is 51.0 Å². The fraction of sp³-hybridized carbons (Fsp3) is 0.409. The molecule has 0 bridgehead atoms. The van der Waals surface area contributed by atoms with Gasteiger partial charge >= 0.3 is 0 Å². The van der Waals surface area contributed by atoms with Crippen LogP contribution in [0.2, 0.25) is 0 Å². The van der Waals surface area contributed by atoms with Gasteiger partial charge in [0.15, 0.2) is 5.82 Å². The predicted octanol–water partition coefficient (Wildman–Crippen LogP) is 2.47. The number of fused-ring (bicyclic) bond motifs is 1. The van der Waals surface area contributed by atoms with E-state index < -0.39 is 0 Å². The number of anilines is 1. The van der Waals surface area contributed by atoms with Crippen LogP contribution in [0.4, 0.5) is 5.82 Å². The third kappa shape index (κ3) is 3.77. The molecule has 8 nitrogen and oxygen atoms in total. The van der Waals surface area contributed by atoms with Crippen LogP contribution in [0.3, 0.4) is 0 Å². The molecule has 2 aromatic heterocycles. The Morgan fingerprint density at radius 1 is 1.03 bits per heavy atom. The first-order valence-electron chi connectivity index (χ1n) is 10.6. The molecule has 1 amide bonds. The Morgan fingerprint density at radius 3 is 2.70 bits per heavy atom. The van der Waals surface area contributed by atoms with Crippen LogP contribution in [0.15, 0.2) is 49.3 Å². The van der Waals surface area contributed by atoms with Crippen molar-refractivity contribution in [2.45, 2.75) is 38.1 Å². The van der Waals surface area contributed by atoms with E-state index in [1.807, 2.05) is 6.07 Å². The molecule has 5 rings (SSSR count). The second-order valence-electron chi connectivity index (χ2n) is 7.99. The van der Waals surface area contributed by atoms with Crippen LogP contribution >= 0.6 is 0 Å². The molecule has 1 N–H and O–H groups in total. The van der Waals surface area contributed by atoms with Gasteiger partial charge in [-0.1, -0.05) is 24.3 Å². The molecule has 0 saturated carbocycles. The lowest BCUT2D eigenvalue weighted by Gasteiger charge is -2.34. The first-order valence-corrected chi connectivity index (χ1v) is 10.6. The lowest BCUT2D eigenvalue weighted by molar-refractivity contribution is -0.126. The van der Waals surface area contributed by atoms with Crippen molar-refractivity contribution in [1.29, 1.82) is 0 Å². The van der Waals surface area contributed by atoms with Crippen molar-refractivity contribution < 1.29 is 4.79 Å². The average molecular weight is 403 g/mol. The molecule has 30 heavy (non-hydrogen) atoms. The van der Waals surface area contributed by atoms with Crippen LogP contribution in [0, 0.1) is 5.92 Å². The van der Waals surface area contributed by atoms with Gasteiger partial charge < -0.3 is 10.2 Å². The second kappa shape index (κ2) is 8.22. The molecule has 3 aromatic rings. The fourth-order valence-electron chi connectivity index (χ4n) is 4.53. The van der Waals surface area contributed by atoms with Crippen LogP contribution in [-0.4, -0.2) is 43.7 Å². The normalized spacial score (nSPS) is 19.3. The number of hydrogen-bond acceptors (Lipinski definition) is 6. The molecule has 1 aliphatic heterocycles. The summed E-state index contributed by atoms with van der Waals surface area (Å²) in [7, 11) is 0. The zero-order valence-electron chi connectivity index (χ0n) is 16.8. The number of aromatic nitrogens is 5. The highest BCUT2D eigenvalue weighted by Gasteiger charge is 2.29. The van der Waals surface area contributed by atoms with Gasteiger partial charge in [-0.25, -0.2) is 19.6 Å². The van der Waals surface area contributed by atoms with Crippen molar-refractivity contribution in [3.8, 4) is 5.82 Å². The molecular weight excluding hydrogens is 378 g/mol. The van der Waals surface area contributed by atoms with Crippen LogP contribution in [0.25, 0.3) is 5.82 Å². The molecule has 1 aromatic carbocycles. The maximum Gasteiger partial charge on any atom is 0.223 e. The lowest BCUT2D eigenvalue weighted by atomic mass is 9.87. The topological polar surface area (TPSA) is 88.8 Å². The van der Waals surface area contributed by atoms with E-state index in [2.05, 4.69) is 54.5 Å². The maximum atomic E-state index is 13.0. The van der Waals surface area contributed by atoms with E-state index in [4.69, 9.17) is 0 Å². The lowest BCUT2D eigenvalue weighted by Crippen LogP contribution is -2.42. The third-order valence-electron chi connectivity index (χ3n) is 6.17. The Morgan fingerprint density at radius 2 is 1.87 bits per heavy atom.